The number of aromatic nitrogens is 1. The molecule has 0 aliphatic heterocycles. The summed E-state index contributed by atoms with van der Waals surface area (Å²) in [4.78, 5) is 20.7. The summed E-state index contributed by atoms with van der Waals surface area (Å²) in [6.07, 6.45) is 0. The van der Waals surface area contributed by atoms with Crippen LogP contribution in [0.2, 0.25) is 0 Å². The Hall–Kier alpha value is -2.57. The lowest BCUT2D eigenvalue weighted by Crippen LogP contribution is -1.89. The Morgan fingerprint density at radius 1 is 1.39 bits per heavy atom. The SMILES string of the molecule is Cc1noc(C)c1-c1ccc([N+](=O)[O-])c(N=O)c1. The second-order valence-electron chi connectivity index (χ2n) is 3.75. The number of nitro groups is 1. The van der Waals surface area contributed by atoms with E-state index < -0.39 is 4.92 Å². The maximum Gasteiger partial charge on any atom is 0.298 e. The highest BCUT2D eigenvalue weighted by molar-refractivity contribution is 5.74. The Morgan fingerprint density at radius 3 is 2.61 bits per heavy atom. The predicted molar refractivity (Wildman–Crippen MR) is 63.5 cm³/mol. The fourth-order valence-electron chi connectivity index (χ4n) is 1.80. The van der Waals surface area contributed by atoms with Crippen molar-refractivity contribution in [3.63, 3.8) is 0 Å². The minimum absolute atomic E-state index is 0.211. The normalized spacial score (nSPS) is 10.3. The average molecular weight is 247 g/mol. The third kappa shape index (κ3) is 1.86. The van der Waals surface area contributed by atoms with Gasteiger partial charge in [-0.2, -0.15) is 0 Å². The molecule has 0 aliphatic rings. The molecule has 92 valence electrons. The maximum atomic E-state index is 10.7. The van der Waals surface area contributed by atoms with Crippen molar-refractivity contribution < 1.29 is 9.45 Å². The van der Waals surface area contributed by atoms with Gasteiger partial charge in [-0.15, -0.1) is 4.91 Å². The molecule has 0 amide bonds. The zero-order chi connectivity index (χ0) is 13.3. The van der Waals surface area contributed by atoms with Gasteiger partial charge in [-0.1, -0.05) is 5.16 Å². The minimum atomic E-state index is -0.645. The smallest absolute Gasteiger partial charge is 0.298 e. The van der Waals surface area contributed by atoms with E-state index in [0.717, 1.165) is 5.56 Å². The first-order chi connectivity index (χ1) is 8.54. The van der Waals surface area contributed by atoms with Crippen LogP contribution in [-0.4, -0.2) is 10.1 Å². The summed E-state index contributed by atoms with van der Waals surface area (Å²) < 4.78 is 5.01. The van der Waals surface area contributed by atoms with Crippen LogP contribution in [0.25, 0.3) is 11.1 Å². The van der Waals surface area contributed by atoms with Crippen LogP contribution in [0.3, 0.4) is 0 Å². The van der Waals surface area contributed by atoms with Gasteiger partial charge in [-0.25, -0.2) is 0 Å². The Morgan fingerprint density at radius 2 is 2.11 bits per heavy atom. The molecular weight excluding hydrogens is 238 g/mol. The summed E-state index contributed by atoms with van der Waals surface area (Å²) in [7, 11) is 0. The van der Waals surface area contributed by atoms with Gasteiger partial charge in [-0.05, 0) is 36.7 Å². The van der Waals surface area contributed by atoms with E-state index in [9.17, 15) is 15.0 Å². The first-order valence-electron chi connectivity index (χ1n) is 5.09. The van der Waals surface area contributed by atoms with Gasteiger partial charge in [0.25, 0.3) is 5.69 Å². The highest BCUT2D eigenvalue weighted by Gasteiger charge is 2.18. The van der Waals surface area contributed by atoms with E-state index in [1.54, 1.807) is 19.9 Å². The van der Waals surface area contributed by atoms with E-state index in [-0.39, 0.29) is 11.4 Å². The molecule has 0 radical (unpaired) electrons. The predicted octanol–water partition coefficient (Wildman–Crippen LogP) is 3.26. The van der Waals surface area contributed by atoms with Crippen molar-refractivity contribution in [3.05, 3.63) is 44.7 Å². The van der Waals surface area contributed by atoms with Crippen LogP contribution in [-0.2, 0) is 0 Å². The third-order valence-electron chi connectivity index (χ3n) is 2.59. The van der Waals surface area contributed by atoms with Crippen LogP contribution < -0.4 is 0 Å². The summed E-state index contributed by atoms with van der Waals surface area (Å²) >= 11 is 0. The Bertz CT molecular complexity index is 614. The van der Waals surface area contributed by atoms with E-state index in [2.05, 4.69) is 10.3 Å². The zero-order valence-corrected chi connectivity index (χ0v) is 9.71. The fourth-order valence-corrected chi connectivity index (χ4v) is 1.80. The van der Waals surface area contributed by atoms with Crippen LogP contribution in [0.5, 0.6) is 0 Å². The van der Waals surface area contributed by atoms with Crippen LogP contribution in [0.15, 0.2) is 27.9 Å². The number of hydrogen-bond donors (Lipinski definition) is 0. The van der Waals surface area contributed by atoms with Crippen LogP contribution >= 0.6 is 0 Å². The molecular formula is C11H9N3O4. The minimum Gasteiger partial charge on any atom is -0.361 e. The van der Waals surface area contributed by atoms with Crippen molar-refractivity contribution in [2.45, 2.75) is 13.8 Å². The fraction of sp³-hybridized carbons (Fsp3) is 0.182. The van der Waals surface area contributed by atoms with Crippen molar-refractivity contribution in [1.29, 1.82) is 0 Å². The first-order valence-corrected chi connectivity index (χ1v) is 5.09. The van der Waals surface area contributed by atoms with E-state index in [0.29, 0.717) is 17.0 Å². The second kappa shape index (κ2) is 4.36. The van der Waals surface area contributed by atoms with Crippen LogP contribution in [0, 0.1) is 28.9 Å². The van der Waals surface area contributed by atoms with E-state index in [1.165, 1.54) is 12.1 Å². The van der Waals surface area contributed by atoms with Gasteiger partial charge in [0.1, 0.15) is 5.76 Å². The second-order valence-corrected chi connectivity index (χ2v) is 3.75. The molecule has 0 spiro atoms. The van der Waals surface area contributed by atoms with Gasteiger partial charge < -0.3 is 4.52 Å². The monoisotopic (exact) mass is 247 g/mol. The number of nitrogens with zero attached hydrogens (tertiary/aromatic N) is 3. The number of benzene rings is 1. The molecule has 0 bridgehead atoms. The number of hydrogen-bond acceptors (Lipinski definition) is 6. The molecule has 7 heteroatoms. The molecule has 0 fully saturated rings. The quantitative estimate of drug-likeness (QED) is 0.470. The number of rotatable bonds is 3. The molecule has 0 saturated heterocycles. The van der Waals surface area contributed by atoms with Crippen molar-refractivity contribution in [3.8, 4) is 11.1 Å². The molecule has 0 atom stereocenters. The van der Waals surface area contributed by atoms with Gasteiger partial charge in [0.15, 0.2) is 5.69 Å². The number of nitro benzene ring substituents is 1. The Kier molecular flexibility index (Phi) is 2.88. The van der Waals surface area contributed by atoms with Gasteiger partial charge in [0.05, 0.1) is 10.6 Å². The average Bonchev–Trinajstić information content (AvgIpc) is 2.68. The molecule has 0 unspecified atom stereocenters. The molecule has 0 N–H and O–H groups in total. The zero-order valence-electron chi connectivity index (χ0n) is 9.71. The van der Waals surface area contributed by atoms with Gasteiger partial charge in [0.2, 0.25) is 0 Å². The molecule has 2 aromatic rings. The van der Waals surface area contributed by atoms with Crippen molar-refractivity contribution in [1.82, 2.24) is 5.16 Å². The van der Waals surface area contributed by atoms with Gasteiger partial charge in [-0.3, -0.25) is 10.1 Å². The Balaban J connectivity index is 2.61. The van der Waals surface area contributed by atoms with Crippen LogP contribution in [0.1, 0.15) is 11.5 Å². The van der Waals surface area contributed by atoms with Crippen molar-refractivity contribution in [2.24, 2.45) is 5.18 Å². The topological polar surface area (TPSA) is 98.6 Å². The standard InChI is InChI=1S/C11H9N3O4/c1-6-11(7(2)18-13-6)8-3-4-10(14(16)17)9(5-8)12-15/h3-5H,1-2H3. The largest absolute Gasteiger partial charge is 0.361 e. The summed E-state index contributed by atoms with van der Waals surface area (Å²) in [6, 6.07) is 4.15. The third-order valence-corrected chi connectivity index (χ3v) is 2.59. The first kappa shape index (κ1) is 11.9. The molecule has 0 saturated carbocycles. The highest BCUT2D eigenvalue weighted by Crippen LogP contribution is 2.34. The molecule has 2 rings (SSSR count). The molecule has 18 heavy (non-hydrogen) atoms. The van der Waals surface area contributed by atoms with Crippen LogP contribution in [0.4, 0.5) is 11.4 Å². The van der Waals surface area contributed by atoms with Gasteiger partial charge >= 0.3 is 0 Å². The highest BCUT2D eigenvalue weighted by atomic mass is 16.6. The molecule has 1 heterocycles. The Labute approximate surface area is 102 Å². The molecule has 1 aromatic carbocycles. The number of aryl methyl sites for hydroxylation is 2. The van der Waals surface area contributed by atoms with E-state index in [1.807, 2.05) is 0 Å². The van der Waals surface area contributed by atoms with Crippen molar-refractivity contribution in [2.75, 3.05) is 0 Å². The lowest BCUT2D eigenvalue weighted by Gasteiger charge is -2.01. The van der Waals surface area contributed by atoms with Gasteiger partial charge in [0, 0.05) is 11.6 Å². The number of nitroso groups, excluding NO2 is 1. The molecule has 7 nitrogen and oxygen atoms in total. The summed E-state index contributed by atoms with van der Waals surface area (Å²) in [5, 5.41) is 17.2. The summed E-state index contributed by atoms with van der Waals surface area (Å²) in [5.74, 6) is 0.582. The summed E-state index contributed by atoms with van der Waals surface area (Å²) in [5.41, 5.74) is 1.46. The lowest BCUT2D eigenvalue weighted by atomic mass is 10.0. The summed E-state index contributed by atoms with van der Waals surface area (Å²) in [6.45, 7) is 3.48. The maximum absolute atomic E-state index is 10.7. The van der Waals surface area contributed by atoms with E-state index in [4.69, 9.17) is 4.52 Å². The lowest BCUT2D eigenvalue weighted by molar-refractivity contribution is -0.384. The molecule has 0 aliphatic carbocycles. The molecule has 1 aromatic heterocycles. The van der Waals surface area contributed by atoms with E-state index >= 15 is 0 Å². The van der Waals surface area contributed by atoms with Crippen molar-refractivity contribution >= 4 is 11.4 Å².